The summed E-state index contributed by atoms with van der Waals surface area (Å²) in [5.41, 5.74) is 10.0. The van der Waals surface area contributed by atoms with Crippen LogP contribution in [-0.2, 0) is 13.0 Å². The average Bonchev–Trinajstić information content (AvgIpc) is 2.52. The summed E-state index contributed by atoms with van der Waals surface area (Å²) in [6.07, 6.45) is 0.958. The van der Waals surface area contributed by atoms with Crippen molar-refractivity contribution in [2.24, 2.45) is 5.73 Å². The highest BCUT2D eigenvalue weighted by molar-refractivity contribution is 5.85. The van der Waals surface area contributed by atoms with E-state index in [1.807, 2.05) is 0 Å². The van der Waals surface area contributed by atoms with E-state index >= 15 is 0 Å². The molecule has 0 saturated heterocycles. The molecule has 2 heteroatoms. The molecule has 0 saturated carbocycles. The van der Waals surface area contributed by atoms with Crippen molar-refractivity contribution >= 4 is 10.9 Å². The van der Waals surface area contributed by atoms with Crippen molar-refractivity contribution in [3.8, 4) is 0 Å². The first-order valence-corrected chi connectivity index (χ1v) is 5.97. The van der Waals surface area contributed by atoms with Crippen LogP contribution in [-0.4, -0.2) is 10.6 Å². The lowest BCUT2D eigenvalue weighted by Crippen LogP contribution is -2.18. The summed E-state index contributed by atoms with van der Waals surface area (Å²) < 4.78 is 2.37. The van der Waals surface area contributed by atoms with Crippen molar-refractivity contribution in [3.05, 3.63) is 35.5 Å². The second-order valence-electron chi connectivity index (χ2n) is 4.51. The van der Waals surface area contributed by atoms with E-state index in [2.05, 4.69) is 49.6 Å². The fourth-order valence-corrected chi connectivity index (χ4v) is 2.49. The number of nitrogens with two attached hydrogens (primary N) is 1. The van der Waals surface area contributed by atoms with Crippen molar-refractivity contribution in [3.63, 3.8) is 0 Å². The molecule has 2 rings (SSSR count). The Labute approximate surface area is 97.1 Å². The minimum Gasteiger partial charge on any atom is -0.345 e. The van der Waals surface area contributed by atoms with Crippen LogP contribution in [0, 0.1) is 6.92 Å². The Morgan fingerprint density at radius 3 is 2.62 bits per heavy atom. The quantitative estimate of drug-likeness (QED) is 0.840. The molecule has 2 aromatic rings. The molecule has 2 nitrogen and oxygen atoms in total. The minimum atomic E-state index is 0.217. The van der Waals surface area contributed by atoms with Crippen molar-refractivity contribution in [1.82, 2.24) is 4.57 Å². The highest BCUT2D eigenvalue weighted by Gasteiger charge is 2.13. The number of nitrogens with zero attached hydrogens (tertiary/aromatic N) is 1. The number of aromatic nitrogens is 1. The molecule has 1 heterocycles. The number of hydrogen-bond acceptors (Lipinski definition) is 1. The Hall–Kier alpha value is -1.28. The Kier molecular flexibility index (Phi) is 3.01. The molecular weight excluding hydrogens is 196 g/mol. The van der Waals surface area contributed by atoms with Gasteiger partial charge in [-0.25, -0.2) is 0 Å². The summed E-state index contributed by atoms with van der Waals surface area (Å²) in [4.78, 5) is 0. The average molecular weight is 216 g/mol. The normalized spacial score (nSPS) is 13.2. The fraction of sp³-hybridized carbons (Fsp3) is 0.429. The highest BCUT2D eigenvalue weighted by Crippen LogP contribution is 2.26. The number of rotatable bonds is 3. The molecule has 0 spiro atoms. The maximum Gasteiger partial charge on any atom is 0.0485 e. The molecule has 1 aromatic heterocycles. The molecule has 2 N–H and O–H groups in total. The third-order valence-corrected chi connectivity index (χ3v) is 3.20. The number of aryl methyl sites for hydroxylation is 1. The number of para-hydroxylation sites is 1. The Balaban J connectivity index is 2.67. The molecule has 86 valence electrons. The van der Waals surface area contributed by atoms with E-state index in [0.717, 1.165) is 13.0 Å². The van der Waals surface area contributed by atoms with Crippen LogP contribution in [0.4, 0.5) is 0 Å². The number of fused-ring (bicyclic) bond motifs is 1. The van der Waals surface area contributed by atoms with E-state index in [0.29, 0.717) is 0 Å². The summed E-state index contributed by atoms with van der Waals surface area (Å²) in [6.45, 7) is 7.47. The van der Waals surface area contributed by atoms with Gasteiger partial charge in [0.05, 0.1) is 0 Å². The zero-order valence-corrected chi connectivity index (χ0v) is 10.3. The van der Waals surface area contributed by atoms with Crippen LogP contribution < -0.4 is 5.73 Å². The van der Waals surface area contributed by atoms with E-state index in [-0.39, 0.29) is 6.04 Å². The van der Waals surface area contributed by atoms with Gasteiger partial charge in [-0.2, -0.15) is 0 Å². The minimum absolute atomic E-state index is 0.217. The lowest BCUT2D eigenvalue weighted by atomic mass is 10.0. The van der Waals surface area contributed by atoms with Crippen LogP contribution in [0.2, 0.25) is 0 Å². The second-order valence-corrected chi connectivity index (χ2v) is 4.51. The Bertz CT molecular complexity index is 495. The van der Waals surface area contributed by atoms with E-state index in [1.54, 1.807) is 0 Å². The SMILES string of the molecule is CCn1c(C)c(CC(C)N)c2ccccc21. The van der Waals surface area contributed by atoms with Crippen LogP contribution in [0.25, 0.3) is 10.9 Å². The van der Waals surface area contributed by atoms with Gasteiger partial charge in [0.2, 0.25) is 0 Å². The topological polar surface area (TPSA) is 30.9 Å². The summed E-state index contributed by atoms with van der Waals surface area (Å²) in [5.74, 6) is 0. The van der Waals surface area contributed by atoms with E-state index < -0.39 is 0 Å². The molecule has 1 unspecified atom stereocenters. The van der Waals surface area contributed by atoms with Gasteiger partial charge < -0.3 is 10.3 Å². The van der Waals surface area contributed by atoms with Gasteiger partial charge in [0.1, 0.15) is 0 Å². The largest absolute Gasteiger partial charge is 0.345 e. The molecule has 0 aliphatic rings. The van der Waals surface area contributed by atoms with Crippen LogP contribution in [0.3, 0.4) is 0 Å². The van der Waals surface area contributed by atoms with Crippen molar-refractivity contribution in [1.29, 1.82) is 0 Å². The zero-order chi connectivity index (χ0) is 11.7. The van der Waals surface area contributed by atoms with E-state index in [4.69, 9.17) is 5.73 Å². The molecule has 0 bridgehead atoms. The number of hydrogen-bond donors (Lipinski definition) is 1. The third-order valence-electron chi connectivity index (χ3n) is 3.20. The summed E-state index contributed by atoms with van der Waals surface area (Å²) in [5, 5.41) is 1.36. The Morgan fingerprint density at radius 2 is 2.00 bits per heavy atom. The van der Waals surface area contributed by atoms with Crippen LogP contribution in [0.5, 0.6) is 0 Å². The van der Waals surface area contributed by atoms with Gasteiger partial charge in [0, 0.05) is 29.2 Å². The smallest absolute Gasteiger partial charge is 0.0485 e. The Morgan fingerprint density at radius 1 is 1.31 bits per heavy atom. The maximum atomic E-state index is 5.93. The first-order chi connectivity index (χ1) is 7.65. The molecule has 0 aliphatic heterocycles. The molecule has 0 fully saturated rings. The summed E-state index contributed by atoms with van der Waals surface area (Å²) in [6, 6.07) is 8.81. The van der Waals surface area contributed by atoms with Gasteiger partial charge in [-0.1, -0.05) is 18.2 Å². The fourth-order valence-electron chi connectivity index (χ4n) is 2.49. The summed E-state index contributed by atoms with van der Waals surface area (Å²) in [7, 11) is 0. The highest BCUT2D eigenvalue weighted by atomic mass is 15.0. The van der Waals surface area contributed by atoms with Crippen molar-refractivity contribution in [2.75, 3.05) is 0 Å². The summed E-state index contributed by atoms with van der Waals surface area (Å²) >= 11 is 0. The van der Waals surface area contributed by atoms with Crippen LogP contribution in [0.15, 0.2) is 24.3 Å². The molecule has 16 heavy (non-hydrogen) atoms. The lowest BCUT2D eigenvalue weighted by Gasteiger charge is -2.07. The second kappa shape index (κ2) is 4.30. The molecule has 0 radical (unpaired) electrons. The third kappa shape index (κ3) is 1.74. The lowest BCUT2D eigenvalue weighted by molar-refractivity contribution is 0.717. The van der Waals surface area contributed by atoms with Crippen LogP contribution >= 0.6 is 0 Å². The zero-order valence-electron chi connectivity index (χ0n) is 10.3. The number of benzene rings is 1. The standard InChI is InChI=1S/C14H20N2/c1-4-16-11(3)13(9-10(2)15)12-7-5-6-8-14(12)16/h5-8,10H,4,9,15H2,1-3H3. The van der Waals surface area contributed by atoms with Gasteiger partial charge in [-0.3, -0.25) is 0 Å². The van der Waals surface area contributed by atoms with Crippen LogP contribution in [0.1, 0.15) is 25.1 Å². The maximum absolute atomic E-state index is 5.93. The van der Waals surface area contributed by atoms with Gasteiger partial charge in [-0.15, -0.1) is 0 Å². The van der Waals surface area contributed by atoms with Gasteiger partial charge in [-0.05, 0) is 38.8 Å². The first-order valence-electron chi connectivity index (χ1n) is 5.97. The van der Waals surface area contributed by atoms with Gasteiger partial charge >= 0.3 is 0 Å². The van der Waals surface area contributed by atoms with E-state index in [9.17, 15) is 0 Å². The van der Waals surface area contributed by atoms with Crippen molar-refractivity contribution < 1.29 is 0 Å². The molecule has 0 amide bonds. The van der Waals surface area contributed by atoms with E-state index in [1.165, 1.54) is 22.2 Å². The monoisotopic (exact) mass is 216 g/mol. The first kappa shape index (κ1) is 11.2. The predicted octanol–water partition coefficient (Wildman–Crippen LogP) is 2.86. The predicted molar refractivity (Wildman–Crippen MR) is 69.7 cm³/mol. The van der Waals surface area contributed by atoms with Gasteiger partial charge in [0.25, 0.3) is 0 Å². The molecule has 0 aliphatic carbocycles. The molecular formula is C14H20N2. The molecule has 1 atom stereocenters. The van der Waals surface area contributed by atoms with Crippen molar-refractivity contribution in [2.45, 2.75) is 39.8 Å². The molecule has 1 aromatic carbocycles. The van der Waals surface area contributed by atoms with Gasteiger partial charge in [0.15, 0.2) is 0 Å².